The molecule has 0 spiro atoms. The van der Waals surface area contributed by atoms with Crippen LogP contribution < -0.4 is 10.6 Å². The lowest BCUT2D eigenvalue weighted by molar-refractivity contribution is -0.132. The Morgan fingerprint density at radius 1 is 0.833 bits per heavy atom. The monoisotopic (exact) mass is 1060 g/mol. The molecule has 0 bridgehead atoms. The lowest BCUT2D eigenvalue weighted by Crippen LogP contribution is -2.61. The number of Topliss-reactive ketones (excluding diaryl/α,β-unsaturated/α-hetero) is 1. The Labute approximate surface area is 451 Å². The summed E-state index contributed by atoms with van der Waals surface area (Å²) in [5.74, 6) is -2.97. The van der Waals surface area contributed by atoms with Crippen LogP contribution >= 0.6 is 0 Å². The van der Waals surface area contributed by atoms with Crippen LogP contribution in [0, 0.1) is 11.7 Å². The van der Waals surface area contributed by atoms with E-state index >= 15 is 0 Å². The van der Waals surface area contributed by atoms with Crippen LogP contribution in [0.15, 0.2) is 134 Å². The molecule has 3 aliphatic rings. The molecule has 2 saturated heterocycles. The molecule has 0 radical (unpaired) electrons. The number of β-amino-alcohol motifs (C(OH)–C–C–N with tert-alkyl or cyclic N) is 1. The Bertz CT molecular complexity index is 3190. The Morgan fingerprint density at radius 3 is 2.24 bits per heavy atom. The maximum absolute atomic E-state index is 14.6. The molecule has 0 saturated carbocycles. The molecule has 19 nitrogen and oxygen atoms in total. The van der Waals surface area contributed by atoms with Gasteiger partial charge in [0.1, 0.15) is 6.04 Å². The van der Waals surface area contributed by atoms with E-state index in [1.807, 2.05) is 99.8 Å². The van der Waals surface area contributed by atoms with Crippen molar-refractivity contribution < 1.29 is 38.6 Å². The minimum Gasteiger partial charge on any atom is -0.392 e. The first kappa shape index (κ1) is 54.7. The number of H-pyrrole nitrogens is 1. The second-order valence-electron chi connectivity index (χ2n) is 21.1. The highest BCUT2D eigenvalue weighted by molar-refractivity contribution is 6.45. The van der Waals surface area contributed by atoms with Crippen LogP contribution in [0.25, 0.3) is 16.7 Å². The van der Waals surface area contributed by atoms with Crippen molar-refractivity contribution in [3.63, 3.8) is 0 Å². The Balaban J connectivity index is 0.000000198. The molecule has 1 aliphatic carbocycles. The number of amides is 4. The van der Waals surface area contributed by atoms with Crippen molar-refractivity contribution in [3.05, 3.63) is 173 Å². The van der Waals surface area contributed by atoms with Crippen LogP contribution in [-0.4, -0.2) is 165 Å². The average Bonchev–Trinajstić information content (AvgIpc) is 4.37. The smallest absolute Gasteiger partial charge is 0.295 e. The second kappa shape index (κ2) is 24.5. The topological polar surface area (TPSA) is 235 Å². The van der Waals surface area contributed by atoms with Gasteiger partial charge in [0.15, 0.2) is 11.6 Å². The number of nitrogens with one attached hydrogen (secondary N) is 3. The molecule has 10 rings (SSSR count). The summed E-state index contributed by atoms with van der Waals surface area (Å²) < 4.78 is 16.0. The average molecular weight is 1060 g/mol. The summed E-state index contributed by atoms with van der Waals surface area (Å²) in [7, 11) is 0. The molecule has 2 aliphatic heterocycles. The maximum atomic E-state index is 14.6. The number of nitrogens with zero attached hydrogens (tertiary/aromatic N) is 9. The highest BCUT2D eigenvalue weighted by atomic mass is 19.1. The van der Waals surface area contributed by atoms with Crippen molar-refractivity contribution in [1.82, 2.24) is 60.2 Å². The van der Waals surface area contributed by atoms with E-state index in [0.717, 1.165) is 35.0 Å². The third-order valence-electron chi connectivity index (χ3n) is 14.3. The molecule has 406 valence electrons. The van der Waals surface area contributed by atoms with Gasteiger partial charge < -0.3 is 35.6 Å². The van der Waals surface area contributed by atoms with E-state index in [-0.39, 0.29) is 66.1 Å². The number of aromatic nitrogens is 6. The lowest BCUT2D eigenvalue weighted by atomic mass is 9.91. The third-order valence-corrected chi connectivity index (χ3v) is 14.3. The fourth-order valence-electron chi connectivity index (χ4n) is 10.5. The number of fused-ring (bicyclic) bond motifs is 2. The number of piperazine rings is 2. The molecule has 4 aromatic heterocycles. The van der Waals surface area contributed by atoms with E-state index in [0.29, 0.717) is 51.1 Å². The van der Waals surface area contributed by atoms with E-state index in [4.69, 9.17) is 0 Å². The second-order valence-corrected chi connectivity index (χ2v) is 21.1. The van der Waals surface area contributed by atoms with Gasteiger partial charge >= 0.3 is 0 Å². The van der Waals surface area contributed by atoms with Gasteiger partial charge in [-0.25, -0.2) is 14.1 Å². The number of ketones is 1. The van der Waals surface area contributed by atoms with E-state index in [2.05, 4.69) is 45.7 Å². The lowest BCUT2D eigenvalue weighted by Gasteiger charge is -2.42. The number of hydrogen-bond donors (Lipinski definition) is 5. The fraction of sp³-hybridized carbons (Fsp3) is 0.362. The van der Waals surface area contributed by atoms with Gasteiger partial charge in [-0.1, -0.05) is 84.1 Å². The van der Waals surface area contributed by atoms with Gasteiger partial charge in [0.05, 0.1) is 53.3 Å². The van der Waals surface area contributed by atoms with E-state index in [9.17, 15) is 38.6 Å². The van der Waals surface area contributed by atoms with Gasteiger partial charge in [0.2, 0.25) is 11.8 Å². The number of rotatable bonds is 15. The number of benzene rings is 3. The van der Waals surface area contributed by atoms with Crippen molar-refractivity contribution in [2.45, 2.75) is 76.4 Å². The number of carbonyl (C=O) groups excluding carboxylic acids is 5. The first-order valence-electron chi connectivity index (χ1n) is 26.3. The van der Waals surface area contributed by atoms with Gasteiger partial charge in [-0.15, -0.1) is 5.10 Å². The summed E-state index contributed by atoms with van der Waals surface area (Å²) in [5, 5.41) is 36.0. The van der Waals surface area contributed by atoms with Crippen LogP contribution in [0.4, 0.5) is 4.39 Å². The summed E-state index contributed by atoms with van der Waals surface area (Å²) in [6, 6.07) is 29.5. The third kappa shape index (κ3) is 13.2. The summed E-state index contributed by atoms with van der Waals surface area (Å²) in [4.78, 5) is 84.3. The zero-order valence-electron chi connectivity index (χ0n) is 43.9. The largest absolute Gasteiger partial charge is 0.392 e. The standard InChI is InChI=1S/C36H47N5O4.C22H18FN7O3/c1-36(2,3)39-35(45)31-24-40(22-26-12-9-15-37-21-26)16-17-41(31)23-29(42)19-28(18-25-10-5-4-6-11-25)34(44)38-33-30-14-8-7-13-27(30)20-32(33)43;23-16-13-25-20(30-7-6-26-27-30)18-17(16)15(12-24-18)19(31)22(33)29-10-8-28(9-11-29)21(32)14-4-2-1-3-5-14/h4-15,21,28-29,31-33,42-43H,16-20,22-24H2,1-3H3,(H,38,44)(H,39,45);1-7,12-13,24H,8-11H2/t28-,29-,31-,32+,33-;/m0./s1. The fourth-order valence-corrected chi connectivity index (χ4v) is 10.5. The van der Waals surface area contributed by atoms with Gasteiger partial charge in [-0.05, 0) is 74.1 Å². The van der Waals surface area contributed by atoms with E-state index < -0.39 is 53.3 Å². The molecule has 3 aromatic carbocycles. The number of halogens is 1. The first-order chi connectivity index (χ1) is 37.6. The minimum atomic E-state index is -0.835. The summed E-state index contributed by atoms with van der Waals surface area (Å²) in [6.07, 6.45) is 8.51. The molecule has 4 amide bonds. The van der Waals surface area contributed by atoms with Gasteiger partial charge in [-0.3, -0.25) is 38.8 Å². The van der Waals surface area contributed by atoms with Crippen molar-refractivity contribution >= 4 is 40.3 Å². The number of carbonyl (C=O) groups is 5. The van der Waals surface area contributed by atoms with E-state index in [1.165, 1.54) is 28.2 Å². The summed E-state index contributed by atoms with van der Waals surface area (Å²) in [5.41, 5.74) is 4.39. The zero-order chi connectivity index (χ0) is 54.9. The molecule has 0 unspecified atom stereocenters. The Hall–Kier alpha value is -8.04. The Kier molecular flexibility index (Phi) is 17.2. The highest BCUT2D eigenvalue weighted by Crippen LogP contribution is 2.32. The normalized spacial score (nSPS) is 18.6. The predicted molar refractivity (Wildman–Crippen MR) is 288 cm³/mol. The molecule has 7 aromatic rings. The quantitative estimate of drug-likeness (QED) is 0.0712. The van der Waals surface area contributed by atoms with Gasteiger partial charge in [0, 0.05) is 101 Å². The molecular weight excluding hydrogens is 996 g/mol. The maximum Gasteiger partial charge on any atom is 0.295 e. The van der Waals surface area contributed by atoms with E-state index in [1.54, 1.807) is 35.4 Å². The number of aliphatic hydroxyl groups is 2. The minimum absolute atomic E-state index is 0.0354. The van der Waals surface area contributed by atoms with Crippen LogP contribution in [0.5, 0.6) is 0 Å². The van der Waals surface area contributed by atoms with Crippen LogP contribution in [0.3, 0.4) is 0 Å². The van der Waals surface area contributed by atoms with Crippen LogP contribution in [0.1, 0.15) is 76.2 Å². The molecule has 2 fully saturated rings. The molecule has 20 heteroatoms. The zero-order valence-corrected chi connectivity index (χ0v) is 43.9. The van der Waals surface area contributed by atoms with Crippen molar-refractivity contribution in [2.24, 2.45) is 5.92 Å². The molecular formula is C58H65FN12O7. The molecule has 5 N–H and O–H groups in total. The summed E-state index contributed by atoms with van der Waals surface area (Å²) >= 11 is 0. The highest BCUT2D eigenvalue weighted by Gasteiger charge is 2.38. The van der Waals surface area contributed by atoms with Crippen molar-refractivity contribution in [3.8, 4) is 5.82 Å². The van der Waals surface area contributed by atoms with Crippen molar-refractivity contribution in [2.75, 3.05) is 52.4 Å². The number of hydrogen-bond acceptors (Lipinski definition) is 13. The molecule has 5 atom stereocenters. The predicted octanol–water partition coefficient (Wildman–Crippen LogP) is 4.32. The van der Waals surface area contributed by atoms with Gasteiger partial charge in [-0.2, -0.15) is 0 Å². The molecule has 6 heterocycles. The van der Waals surface area contributed by atoms with Gasteiger partial charge in [0.25, 0.3) is 17.6 Å². The Morgan fingerprint density at radius 2 is 1.54 bits per heavy atom. The van der Waals surface area contributed by atoms with Crippen LogP contribution in [-0.2, 0) is 33.8 Å². The van der Waals surface area contributed by atoms with Crippen LogP contribution in [0.2, 0.25) is 0 Å². The number of aromatic amines is 1. The SMILES string of the molecule is CC(C)(C)NC(=O)[C@@H]1CN(Cc2cccnc2)CCN1C[C@@H](O)C[C@H](Cc1ccccc1)C(=O)N[C@H]1c2ccccc2C[C@H]1O.O=C(C(=O)N1CCN(C(=O)c2ccccc2)CC1)c1c[nH]c2c(-n3ccnn3)ncc(F)c12. The number of aliphatic hydroxyl groups excluding tert-OH is 2. The number of pyridine rings is 2. The molecule has 78 heavy (non-hydrogen) atoms. The van der Waals surface area contributed by atoms with Crippen molar-refractivity contribution in [1.29, 1.82) is 0 Å². The first-order valence-corrected chi connectivity index (χ1v) is 26.3. The summed E-state index contributed by atoms with van der Waals surface area (Å²) in [6.45, 7) is 9.76.